The van der Waals surface area contributed by atoms with E-state index in [0.29, 0.717) is 0 Å². The number of nitrogens with zero attached hydrogens (tertiary/aromatic N) is 11. The maximum atomic E-state index is 14.2. The second-order valence-electron chi connectivity index (χ2n) is 22.8. The van der Waals surface area contributed by atoms with Gasteiger partial charge in [0.05, 0.1) is 51.8 Å². The van der Waals surface area contributed by atoms with Crippen molar-refractivity contribution in [2.45, 2.75) is 131 Å². The van der Waals surface area contributed by atoms with E-state index in [4.69, 9.17) is 82.8 Å². The molecule has 0 radical (unpaired) electrons. The highest BCUT2D eigenvalue weighted by Gasteiger charge is 2.50. The van der Waals surface area contributed by atoms with Gasteiger partial charge in [-0.15, -0.1) is 0 Å². The van der Waals surface area contributed by atoms with Crippen molar-refractivity contribution in [2.75, 3.05) is 56.0 Å². The monoisotopic (exact) mass is 1480 g/mol. The molecule has 7 aromatic rings. The molecule has 51 heteroatoms. The molecule has 19 atom stereocenters. The first-order valence-electron chi connectivity index (χ1n) is 29.4. The lowest BCUT2D eigenvalue weighted by Gasteiger charge is -2.25. The number of imidazole rings is 2. The van der Waals surface area contributed by atoms with Crippen LogP contribution in [0.5, 0.6) is 0 Å². The summed E-state index contributed by atoms with van der Waals surface area (Å²) >= 11 is 0. The van der Waals surface area contributed by atoms with Gasteiger partial charge in [-0.05, 0) is 19.1 Å². The predicted octanol–water partition coefficient (Wildman–Crippen LogP) is -3.25. The molecule has 5 aliphatic rings. The van der Waals surface area contributed by atoms with Crippen LogP contribution in [-0.4, -0.2) is 192 Å². The molecule has 17 N–H and O–H groups in total. The van der Waals surface area contributed by atoms with Crippen LogP contribution in [0.2, 0.25) is 0 Å². The second-order valence-corrected chi connectivity index (χ2v) is 28.4. The van der Waals surface area contributed by atoms with E-state index >= 15 is 0 Å². The smallest absolute Gasteiger partial charge is 0.394 e. The quantitative estimate of drug-likeness (QED) is 0.0237. The largest absolute Gasteiger partial charge is 0.472 e. The lowest BCUT2D eigenvalue weighted by atomic mass is 10.2. The Morgan fingerprint density at radius 3 is 1.24 bits per heavy atom. The first-order chi connectivity index (χ1) is 46.8. The Morgan fingerprint density at radius 2 is 0.848 bits per heavy atom. The van der Waals surface area contributed by atoms with Crippen LogP contribution in [0.15, 0.2) is 72.1 Å². The number of phosphoric acid groups is 4. The number of aromatic nitrogens is 14. The van der Waals surface area contributed by atoms with Crippen LogP contribution in [0.4, 0.5) is 23.5 Å². The molecule has 0 saturated carbocycles. The zero-order chi connectivity index (χ0) is 70.8. The van der Waals surface area contributed by atoms with Gasteiger partial charge >= 0.3 is 48.4 Å². The Morgan fingerprint density at radius 1 is 0.495 bits per heavy atom. The lowest BCUT2D eigenvalue weighted by Crippen LogP contribution is -2.33. The predicted molar refractivity (Wildman–Crippen MR) is 325 cm³/mol. The molecule has 47 nitrogen and oxygen atoms in total. The summed E-state index contributed by atoms with van der Waals surface area (Å²) in [7, 11) is -21.6. The molecule has 7 aromatic heterocycles. The summed E-state index contributed by atoms with van der Waals surface area (Å²) in [6.07, 6.45) is -18.1. The molecular formula is C48H62N18O29P4. The van der Waals surface area contributed by atoms with Crippen molar-refractivity contribution < 1.29 is 108 Å². The van der Waals surface area contributed by atoms with E-state index in [0.717, 1.165) is 26.4 Å². The summed E-state index contributed by atoms with van der Waals surface area (Å²) in [5.41, 5.74) is 17.4. The number of hydrogen-bond acceptors (Lipinski definition) is 35. The third-order valence-electron chi connectivity index (χ3n) is 16.1. The van der Waals surface area contributed by atoms with Gasteiger partial charge in [0.1, 0.15) is 97.7 Å². The minimum atomic E-state index is -5.53. The average Bonchev–Trinajstić information content (AvgIpc) is 1.63. The Hall–Kier alpha value is -7.50. The first kappa shape index (κ1) is 71.3. The van der Waals surface area contributed by atoms with E-state index in [1.807, 2.05) is 0 Å². The van der Waals surface area contributed by atoms with Crippen molar-refractivity contribution in [3.8, 4) is 0 Å². The molecule has 99 heavy (non-hydrogen) atoms. The number of aromatic amines is 3. The van der Waals surface area contributed by atoms with Crippen LogP contribution in [0, 0.1) is 6.92 Å². The highest BCUT2D eigenvalue weighted by atomic mass is 31.2. The average molecular weight is 1480 g/mol. The number of nitrogens with one attached hydrogen (secondary N) is 3. The maximum Gasteiger partial charge on any atom is 0.472 e. The van der Waals surface area contributed by atoms with Crippen molar-refractivity contribution in [3.05, 3.63) is 111 Å². The minimum absolute atomic E-state index is 0.107. The summed E-state index contributed by atoms with van der Waals surface area (Å²) in [4.78, 5) is 151. The number of ether oxygens (including phenoxy) is 5. The van der Waals surface area contributed by atoms with Crippen molar-refractivity contribution in [1.29, 1.82) is 0 Å². The molecule has 0 aliphatic carbocycles. The van der Waals surface area contributed by atoms with Crippen molar-refractivity contribution >= 4 is 77.2 Å². The van der Waals surface area contributed by atoms with Gasteiger partial charge in [0.25, 0.3) is 16.7 Å². The number of nitrogens with two attached hydrogens (primary N) is 4. The SMILES string of the molecule is Cc1cn([C@H]2C[C@H](O)[C@@H](COP(=O)(O)O[C@H]3C[C@H](n4ccc(N)nc4=O)O[C@@H]3COP(=O)(O)O[C@H]3C[C@H](n4cnc5c(=O)[nH]c(N)nc54)O[C@@H]3COP(=O)(O)O[C@H]3C[C@H](n4cnc5c(=O)[nH]c(N)nc54)O[C@@H]3COP(=O)(O)O[C@H]3C[C@H](n4ccc(N)nc4=O)O[C@@H]3CO)O2)c(=O)[nH]c1=O. The fourth-order valence-corrected chi connectivity index (χ4v) is 15.3. The Balaban J connectivity index is 0.749. The number of aliphatic hydroxyl groups is 2. The summed E-state index contributed by atoms with van der Waals surface area (Å²) in [6, 6.07) is 2.50. The molecule has 5 aliphatic heterocycles. The molecule has 5 fully saturated rings. The van der Waals surface area contributed by atoms with E-state index in [2.05, 4.69) is 44.9 Å². The first-order valence-corrected chi connectivity index (χ1v) is 35.4. The fraction of sp³-hybridized carbons (Fsp3) is 0.542. The third kappa shape index (κ3) is 16.0. The molecule has 0 spiro atoms. The van der Waals surface area contributed by atoms with Gasteiger partial charge in [0.2, 0.25) is 11.9 Å². The summed E-state index contributed by atoms with van der Waals surface area (Å²) < 4.78 is 134. The number of H-pyrrole nitrogens is 3. The van der Waals surface area contributed by atoms with Gasteiger partial charge in [-0.25, -0.2) is 42.6 Å². The number of anilines is 4. The normalized spacial score (nSPS) is 29.7. The zero-order valence-corrected chi connectivity index (χ0v) is 54.4. The van der Waals surface area contributed by atoms with E-state index in [-0.39, 0.29) is 64.3 Å². The van der Waals surface area contributed by atoms with Crippen LogP contribution in [0.3, 0.4) is 0 Å². The zero-order valence-electron chi connectivity index (χ0n) is 50.9. The van der Waals surface area contributed by atoms with Gasteiger partial charge in [0.15, 0.2) is 22.3 Å². The molecule has 0 amide bonds. The van der Waals surface area contributed by atoms with Crippen LogP contribution in [0.25, 0.3) is 22.3 Å². The van der Waals surface area contributed by atoms with Gasteiger partial charge in [-0.1, -0.05) is 0 Å². The van der Waals surface area contributed by atoms with Gasteiger partial charge in [-0.3, -0.25) is 88.4 Å². The van der Waals surface area contributed by atoms with Crippen LogP contribution >= 0.6 is 31.3 Å². The summed E-state index contributed by atoms with van der Waals surface area (Å²) in [6.45, 7) is -3.27. The van der Waals surface area contributed by atoms with Crippen LogP contribution < -0.4 is 56.7 Å². The van der Waals surface area contributed by atoms with Gasteiger partial charge in [0, 0.05) is 56.3 Å². The number of fused-ring (bicyclic) bond motifs is 2. The summed E-state index contributed by atoms with van der Waals surface area (Å²) in [5.74, 6) is -1.02. The van der Waals surface area contributed by atoms with E-state index in [1.54, 1.807) is 0 Å². The number of aliphatic hydroxyl groups excluding tert-OH is 2. The highest BCUT2D eigenvalue weighted by Crippen LogP contribution is 2.55. The maximum absolute atomic E-state index is 14.2. The van der Waals surface area contributed by atoms with Gasteiger partial charge in [-0.2, -0.15) is 19.9 Å². The van der Waals surface area contributed by atoms with E-state index in [9.17, 15) is 76.8 Å². The highest BCUT2D eigenvalue weighted by molar-refractivity contribution is 7.48. The van der Waals surface area contributed by atoms with E-state index < -0.39 is 210 Å². The number of aryl methyl sites for hydroxylation is 1. The standard InChI is InChI=1S/C48H62N18O29P4/c1-19-11-64(48(74)61-41(19)69)32-6-20(68)26(88-32)13-83-96(75,76)93-22-8-34(63-5-3-31(50)56-47(63)73)89-27(22)14-85-98(79,80)94-24-10-36(66-18-54-38-40(66)58-45(52)60-43(38)71)91-29(24)16-86-99(81,82)95-23-9-35(65-17-53-37-39(65)57-44(51)59-42(37)70)90-28(23)15-84-97(77,78)92-21-7-33(87-25(21)12-67)62-4-2-30(49)55-46(62)72/h2-5,11,17-18,20-29,32-36,67-68H,6-10,12-16H2,1H3,(H,75,76)(H,77,78)(H,79,80)(H,81,82)(H2,49,55,72)(H2,50,56,73)(H,61,69,74)(H3,51,57,59,70)(H3,52,58,60,71)/t20-,21-,22-,23-,24-,25+,26+,27+,28+,29+,32+,33+,34+,35+,36+/m0/s1. The number of hydrogen-bond donors (Lipinski definition) is 13. The summed E-state index contributed by atoms with van der Waals surface area (Å²) in [5, 5.41) is 20.9. The third-order valence-corrected chi connectivity index (χ3v) is 20.1. The molecule has 12 heterocycles. The molecule has 0 bridgehead atoms. The van der Waals surface area contributed by atoms with Crippen LogP contribution in [-0.2, 0) is 78.1 Å². The molecule has 538 valence electrons. The van der Waals surface area contributed by atoms with E-state index in [1.165, 1.54) is 46.8 Å². The molecule has 12 rings (SSSR count). The van der Waals surface area contributed by atoms with Gasteiger partial charge < -0.3 is 76.4 Å². The topological polar surface area (TPSA) is 666 Å². The number of rotatable bonds is 26. The number of phosphoric ester groups is 4. The van der Waals surface area contributed by atoms with Crippen molar-refractivity contribution in [3.63, 3.8) is 0 Å². The van der Waals surface area contributed by atoms with Crippen LogP contribution in [0.1, 0.15) is 68.8 Å². The molecule has 5 saturated heterocycles. The van der Waals surface area contributed by atoms with Crippen molar-refractivity contribution in [2.24, 2.45) is 0 Å². The molecule has 4 unspecified atom stereocenters. The number of nitrogen functional groups attached to an aromatic ring is 4. The Kier molecular flexibility index (Phi) is 20.3. The fourth-order valence-electron chi connectivity index (χ4n) is 11.5. The molecule has 0 aromatic carbocycles. The Bertz CT molecular complexity index is 4780. The second kappa shape index (κ2) is 28.1. The van der Waals surface area contributed by atoms with Crippen molar-refractivity contribution in [1.82, 2.24) is 67.7 Å². The minimum Gasteiger partial charge on any atom is -0.394 e. The Labute approximate surface area is 549 Å². The lowest BCUT2D eigenvalue weighted by molar-refractivity contribution is -0.0641. The molecular weight excluding hydrogens is 1420 g/mol.